The second-order valence-electron chi connectivity index (χ2n) is 6.61. The first-order valence-corrected chi connectivity index (χ1v) is 9.32. The van der Waals surface area contributed by atoms with Crippen molar-refractivity contribution >= 4 is 10.8 Å². The second-order valence-corrected chi connectivity index (χ2v) is 6.61. The summed E-state index contributed by atoms with van der Waals surface area (Å²) in [6, 6.07) is 16.8. The molecule has 1 saturated heterocycles. The van der Waals surface area contributed by atoms with Gasteiger partial charge in [-0.15, -0.1) is 0 Å². The second kappa shape index (κ2) is 7.75. The minimum atomic E-state index is 0.326. The quantitative estimate of drug-likeness (QED) is 0.741. The summed E-state index contributed by atoms with van der Waals surface area (Å²) in [7, 11) is 0. The fourth-order valence-electron chi connectivity index (χ4n) is 3.36. The van der Waals surface area contributed by atoms with E-state index in [1.165, 1.54) is 11.1 Å². The molecule has 1 aliphatic heterocycles. The maximum absolute atomic E-state index is 6.09. The molecular formula is C22H24N2O2. The van der Waals surface area contributed by atoms with Crippen molar-refractivity contribution in [1.29, 1.82) is 0 Å². The smallest absolute Gasteiger partial charge is 0.213 e. The highest BCUT2D eigenvalue weighted by Gasteiger charge is 2.14. The monoisotopic (exact) mass is 348 g/mol. The maximum atomic E-state index is 6.09. The fourth-order valence-corrected chi connectivity index (χ4v) is 3.36. The van der Waals surface area contributed by atoms with Crippen molar-refractivity contribution in [1.82, 2.24) is 10.3 Å². The van der Waals surface area contributed by atoms with E-state index in [4.69, 9.17) is 9.47 Å². The summed E-state index contributed by atoms with van der Waals surface area (Å²) in [4.78, 5) is 4.32. The highest BCUT2D eigenvalue weighted by molar-refractivity contribution is 5.87. The van der Waals surface area contributed by atoms with E-state index in [0.29, 0.717) is 18.6 Å². The predicted octanol–water partition coefficient (Wildman–Crippen LogP) is 4.43. The minimum absolute atomic E-state index is 0.326. The lowest BCUT2D eigenvalue weighted by Gasteiger charge is -2.23. The van der Waals surface area contributed by atoms with E-state index in [9.17, 15) is 0 Å². The SMILES string of the molecule is CCOc1cc2cc(-c3ccc(OC4CCNCC4)cc3)ccc2cn1. The van der Waals surface area contributed by atoms with Crippen LogP contribution in [-0.2, 0) is 0 Å². The summed E-state index contributed by atoms with van der Waals surface area (Å²) in [5.74, 6) is 1.62. The average Bonchev–Trinajstić information content (AvgIpc) is 2.69. The first-order valence-electron chi connectivity index (χ1n) is 9.32. The molecule has 26 heavy (non-hydrogen) atoms. The van der Waals surface area contributed by atoms with Gasteiger partial charge in [0.2, 0.25) is 5.88 Å². The number of pyridine rings is 1. The molecule has 2 aromatic carbocycles. The van der Waals surface area contributed by atoms with Crippen molar-refractivity contribution in [3.05, 3.63) is 54.7 Å². The number of piperidine rings is 1. The molecule has 0 bridgehead atoms. The number of fused-ring (bicyclic) bond motifs is 1. The molecule has 0 saturated carbocycles. The van der Waals surface area contributed by atoms with Crippen molar-refractivity contribution < 1.29 is 9.47 Å². The van der Waals surface area contributed by atoms with Crippen LogP contribution in [0.5, 0.6) is 11.6 Å². The molecule has 0 spiro atoms. The first kappa shape index (κ1) is 16.9. The van der Waals surface area contributed by atoms with Crippen molar-refractivity contribution in [3.8, 4) is 22.8 Å². The van der Waals surface area contributed by atoms with Crippen LogP contribution in [0.25, 0.3) is 21.9 Å². The van der Waals surface area contributed by atoms with Gasteiger partial charge in [-0.05, 0) is 67.6 Å². The Morgan fingerprint density at radius 1 is 0.962 bits per heavy atom. The predicted molar refractivity (Wildman–Crippen MR) is 105 cm³/mol. The van der Waals surface area contributed by atoms with E-state index in [0.717, 1.165) is 42.5 Å². The number of benzene rings is 2. The van der Waals surface area contributed by atoms with E-state index >= 15 is 0 Å². The highest BCUT2D eigenvalue weighted by atomic mass is 16.5. The Hall–Kier alpha value is -2.59. The zero-order valence-corrected chi connectivity index (χ0v) is 15.1. The number of hydrogen-bond acceptors (Lipinski definition) is 4. The van der Waals surface area contributed by atoms with Gasteiger partial charge in [0.1, 0.15) is 11.9 Å². The Morgan fingerprint density at radius 2 is 1.73 bits per heavy atom. The molecule has 3 aromatic rings. The first-order chi connectivity index (χ1) is 12.8. The average molecular weight is 348 g/mol. The zero-order chi connectivity index (χ0) is 17.8. The van der Waals surface area contributed by atoms with Gasteiger partial charge in [0.05, 0.1) is 6.61 Å². The van der Waals surface area contributed by atoms with Gasteiger partial charge < -0.3 is 14.8 Å². The molecule has 0 amide bonds. The topological polar surface area (TPSA) is 43.4 Å². The molecule has 0 unspecified atom stereocenters. The Bertz CT molecular complexity index is 871. The van der Waals surface area contributed by atoms with Crippen LogP contribution in [-0.4, -0.2) is 30.8 Å². The van der Waals surface area contributed by atoms with E-state index in [2.05, 4.69) is 52.8 Å². The van der Waals surface area contributed by atoms with Crippen LogP contribution in [0, 0.1) is 0 Å². The minimum Gasteiger partial charge on any atom is -0.490 e. The Kier molecular flexibility index (Phi) is 5.02. The number of nitrogens with zero attached hydrogens (tertiary/aromatic N) is 1. The third-order valence-corrected chi connectivity index (χ3v) is 4.77. The van der Waals surface area contributed by atoms with Gasteiger partial charge in [0.15, 0.2) is 0 Å². The molecule has 1 aromatic heterocycles. The number of hydrogen-bond donors (Lipinski definition) is 1. The number of rotatable bonds is 5. The summed E-state index contributed by atoms with van der Waals surface area (Å²) < 4.78 is 11.6. The largest absolute Gasteiger partial charge is 0.490 e. The van der Waals surface area contributed by atoms with Gasteiger partial charge in [-0.1, -0.05) is 24.3 Å². The molecule has 1 aliphatic rings. The summed E-state index contributed by atoms with van der Waals surface area (Å²) in [6.45, 7) is 4.67. The summed E-state index contributed by atoms with van der Waals surface area (Å²) in [6.07, 6.45) is 4.33. The van der Waals surface area contributed by atoms with Gasteiger partial charge in [0.25, 0.3) is 0 Å². The third-order valence-electron chi connectivity index (χ3n) is 4.77. The Labute approximate surface area is 154 Å². The zero-order valence-electron chi connectivity index (χ0n) is 15.1. The molecule has 4 rings (SSSR count). The van der Waals surface area contributed by atoms with E-state index in [-0.39, 0.29) is 0 Å². The molecule has 4 nitrogen and oxygen atoms in total. The van der Waals surface area contributed by atoms with Crippen molar-refractivity contribution in [2.45, 2.75) is 25.9 Å². The molecule has 2 heterocycles. The van der Waals surface area contributed by atoms with Gasteiger partial charge >= 0.3 is 0 Å². The van der Waals surface area contributed by atoms with E-state index in [1.807, 2.05) is 19.2 Å². The lowest BCUT2D eigenvalue weighted by atomic mass is 10.0. The highest BCUT2D eigenvalue weighted by Crippen LogP contribution is 2.28. The van der Waals surface area contributed by atoms with Crippen LogP contribution in [0.3, 0.4) is 0 Å². The molecule has 134 valence electrons. The maximum Gasteiger partial charge on any atom is 0.213 e. The lowest BCUT2D eigenvalue weighted by molar-refractivity contribution is 0.162. The van der Waals surface area contributed by atoms with Crippen LogP contribution < -0.4 is 14.8 Å². The molecule has 4 heteroatoms. The van der Waals surface area contributed by atoms with Crippen LogP contribution in [0.4, 0.5) is 0 Å². The molecule has 0 aliphatic carbocycles. The third kappa shape index (κ3) is 3.81. The van der Waals surface area contributed by atoms with Gasteiger partial charge in [-0.3, -0.25) is 0 Å². The summed E-state index contributed by atoms with van der Waals surface area (Å²) in [5, 5.41) is 5.61. The van der Waals surface area contributed by atoms with Crippen LogP contribution in [0.1, 0.15) is 19.8 Å². The molecule has 0 radical (unpaired) electrons. The fraction of sp³-hybridized carbons (Fsp3) is 0.318. The summed E-state index contributed by atoms with van der Waals surface area (Å²) in [5.41, 5.74) is 2.36. The van der Waals surface area contributed by atoms with E-state index in [1.54, 1.807) is 0 Å². The number of ether oxygens (including phenoxy) is 2. The van der Waals surface area contributed by atoms with Gasteiger partial charge in [-0.2, -0.15) is 0 Å². The van der Waals surface area contributed by atoms with Crippen LogP contribution in [0.15, 0.2) is 54.7 Å². The van der Waals surface area contributed by atoms with Crippen molar-refractivity contribution in [2.24, 2.45) is 0 Å². The normalized spacial score (nSPS) is 15.1. The standard InChI is InChI=1S/C22H24N2O2/c1-2-25-22-14-19-13-17(3-4-18(19)15-24-22)16-5-7-20(8-6-16)26-21-9-11-23-12-10-21/h3-8,13-15,21,23H,2,9-12H2,1H3. The molecular weight excluding hydrogens is 324 g/mol. The summed E-state index contributed by atoms with van der Waals surface area (Å²) >= 11 is 0. The molecule has 1 N–H and O–H groups in total. The lowest BCUT2D eigenvalue weighted by Crippen LogP contribution is -2.34. The molecule has 0 atom stereocenters. The van der Waals surface area contributed by atoms with Crippen LogP contribution >= 0.6 is 0 Å². The van der Waals surface area contributed by atoms with Crippen LogP contribution in [0.2, 0.25) is 0 Å². The number of aromatic nitrogens is 1. The Balaban J connectivity index is 1.54. The van der Waals surface area contributed by atoms with E-state index < -0.39 is 0 Å². The number of nitrogens with one attached hydrogen (secondary N) is 1. The van der Waals surface area contributed by atoms with Crippen molar-refractivity contribution in [3.63, 3.8) is 0 Å². The van der Waals surface area contributed by atoms with Crippen molar-refractivity contribution in [2.75, 3.05) is 19.7 Å². The Morgan fingerprint density at radius 3 is 2.50 bits per heavy atom. The van der Waals surface area contributed by atoms with Gasteiger partial charge in [0, 0.05) is 17.6 Å². The molecule has 1 fully saturated rings. The van der Waals surface area contributed by atoms with Gasteiger partial charge in [-0.25, -0.2) is 4.98 Å².